The van der Waals surface area contributed by atoms with Crippen LogP contribution < -0.4 is 5.32 Å². The Bertz CT molecular complexity index is 575. The SMILES string of the molecule is CCNC(=NC[C@H]1CCCN1S(C)(=O)=O)N1CC(C)(C)C1(C)C.I. The van der Waals surface area contributed by atoms with Crippen LogP contribution in [0.3, 0.4) is 0 Å². The fourth-order valence-corrected chi connectivity index (χ4v) is 4.59. The molecular formula is C16H33IN4O2S. The van der Waals surface area contributed by atoms with Crippen molar-refractivity contribution in [2.75, 3.05) is 32.4 Å². The Hall–Kier alpha value is -0.0900. The van der Waals surface area contributed by atoms with E-state index in [1.54, 1.807) is 4.31 Å². The third kappa shape index (κ3) is 4.17. The minimum absolute atomic E-state index is 0. The lowest BCUT2D eigenvalue weighted by atomic mass is 9.65. The summed E-state index contributed by atoms with van der Waals surface area (Å²) in [4.78, 5) is 7.07. The van der Waals surface area contributed by atoms with Crippen LogP contribution in [0.1, 0.15) is 47.5 Å². The van der Waals surface area contributed by atoms with E-state index in [1.165, 1.54) is 6.26 Å². The zero-order valence-corrected chi connectivity index (χ0v) is 18.9. The van der Waals surface area contributed by atoms with Crippen molar-refractivity contribution >= 4 is 40.0 Å². The second-order valence-corrected chi connectivity index (χ2v) is 9.83. The molecule has 2 aliphatic rings. The Balaban J connectivity index is 0.00000288. The molecule has 0 aromatic rings. The van der Waals surface area contributed by atoms with Gasteiger partial charge >= 0.3 is 0 Å². The van der Waals surface area contributed by atoms with Crippen molar-refractivity contribution in [2.24, 2.45) is 10.4 Å². The van der Waals surface area contributed by atoms with Crippen LogP contribution in [-0.2, 0) is 10.0 Å². The second kappa shape index (κ2) is 7.65. The first-order chi connectivity index (χ1) is 10.5. The molecule has 0 unspecified atom stereocenters. The number of rotatable bonds is 4. The normalized spacial score (nSPS) is 26.7. The van der Waals surface area contributed by atoms with Crippen LogP contribution in [0.15, 0.2) is 4.99 Å². The molecule has 0 aromatic carbocycles. The lowest BCUT2D eigenvalue weighted by Crippen LogP contribution is -2.72. The van der Waals surface area contributed by atoms with Crippen molar-refractivity contribution in [3.63, 3.8) is 0 Å². The summed E-state index contributed by atoms with van der Waals surface area (Å²) >= 11 is 0. The Labute approximate surface area is 164 Å². The summed E-state index contributed by atoms with van der Waals surface area (Å²) in [6, 6.07) is -0.00365. The highest BCUT2D eigenvalue weighted by Crippen LogP contribution is 2.46. The smallest absolute Gasteiger partial charge is 0.211 e. The average Bonchev–Trinajstić information content (AvgIpc) is 2.89. The number of hydrogen-bond acceptors (Lipinski definition) is 3. The number of halogens is 1. The second-order valence-electron chi connectivity index (χ2n) is 7.89. The summed E-state index contributed by atoms with van der Waals surface area (Å²) in [6.07, 6.45) is 3.11. The van der Waals surface area contributed by atoms with Crippen molar-refractivity contribution < 1.29 is 8.42 Å². The first-order valence-electron chi connectivity index (χ1n) is 8.53. The van der Waals surface area contributed by atoms with E-state index >= 15 is 0 Å². The summed E-state index contributed by atoms with van der Waals surface area (Å²) in [7, 11) is -3.14. The monoisotopic (exact) mass is 472 g/mol. The quantitative estimate of drug-likeness (QED) is 0.387. The van der Waals surface area contributed by atoms with Gasteiger partial charge in [-0.3, -0.25) is 4.99 Å². The van der Waals surface area contributed by atoms with Crippen LogP contribution in [0, 0.1) is 5.41 Å². The van der Waals surface area contributed by atoms with Gasteiger partial charge in [-0.1, -0.05) is 13.8 Å². The highest BCUT2D eigenvalue weighted by Gasteiger charge is 2.53. The minimum Gasteiger partial charge on any atom is -0.356 e. The molecule has 0 spiro atoms. The van der Waals surface area contributed by atoms with E-state index in [9.17, 15) is 8.42 Å². The molecule has 0 saturated carbocycles. The maximum Gasteiger partial charge on any atom is 0.211 e. The van der Waals surface area contributed by atoms with Crippen molar-refractivity contribution in [3.05, 3.63) is 0 Å². The van der Waals surface area contributed by atoms with Gasteiger partial charge in [-0.2, -0.15) is 4.31 Å². The van der Waals surface area contributed by atoms with Gasteiger partial charge in [0.1, 0.15) is 0 Å². The topological polar surface area (TPSA) is 65.0 Å². The van der Waals surface area contributed by atoms with Gasteiger partial charge in [0.2, 0.25) is 10.0 Å². The number of sulfonamides is 1. The number of hydrogen-bond donors (Lipinski definition) is 1. The number of nitrogens with one attached hydrogen (secondary N) is 1. The van der Waals surface area contributed by atoms with Crippen LogP contribution in [0.4, 0.5) is 0 Å². The fraction of sp³-hybridized carbons (Fsp3) is 0.938. The number of aliphatic imine (C=N–C) groups is 1. The first kappa shape index (κ1) is 22.0. The van der Waals surface area contributed by atoms with Crippen molar-refractivity contribution in [1.29, 1.82) is 0 Å². The Kier molecular flexibility index (Phi) is 7.00. The lowest BCUT2D eigenvalue weighted by Gasteiger charge is -2.62. The van der Waals surface area contributed by atoms with Crippen molar-refractivity contribution in [3.8, 4) is 0 Å². The first-order valence-corrected chi connectivity index (χ1v) is 10.4. The summed E-state index contributed by atoms with van der Waals surface area (Å²) < 4.78 is 25.3. The zero-order valence-electron chi connectivity index (χ0n) is 15.8. The molecule has 0 radical (unpaired) electrons. The average molecular weight is 472 g/mol. The van der Waals surface area contributed by atoms with Crippen LogP contribution in [0.2, 0.25) is 0 Å². The largest absolute Gasteiger partial charge is 0.356 e. The van der Waals surface area contributed by atoms with E-state index in [1.807, 2.05) is 0 Å². The molecule has 142 valence electrons. The van der Waals surface area contributed by atoms with Gasteiger partial charge in [0, 0.05) is 36.6 Å². The number of guanidine groups is 1. The van der Waals surface area contributed by atoms with Crippen LogP contribution in [-0.4, -0.2) is 67.6 Å². The number of likely N-dealkylation sites (tertiary alicyclic amines) is 1. The van der Waals surface area contributed by atoms with Crippen LogP contribution in [0.25, 0.3) is 0 Å². The van der Waals surface area contributed by atoms with Crippen LogP contribution in [0.5, 0.6) is 0 Å². The summed E-state index contributed by atoms with van der Waals surface area (Å²) in [5, 5.41) is 3.36. The molecule has 1 atom stereocenters. The highest BCUT2D eigenvalue weighted by atomic mass is 127. The third-order valence-corrected chi connectivity index (χ3v) is 7.01. The van der Waals surface area contributed by atoms with Gasteiger partial charge in [0.25, 0.3) is 0 Å². The van der Waals surface area contributed by atoms with E-state index in [0.717, 1.165) is 31.9 Å². The summed E-state index contributed by atoms with van der Waals surface area (Å²) in [6.45, 7) is 14.0. The molecule has 0 aliphatic carbocycles. The fourth-order valence-electron chi connectivity index (χ4n) is 3.42. The Morgan fingerprint density at radius 2 is 1.92 bits per heavy atom. The van der Waals surface area contributed by atoms with Gasteiger partial charge in [0.15, 0.2) is 5.96 Å². The van der Waals surface area contributed by atoms with Crippen molar-refractivity contribution in [2.45, 2.75) is 59.0 Å². The summed E-state index contributed by atoms with van der Waals surface area (Å²) in [5.41, 5.74) is 0.287. The van der Waals surface area contributed by atoms with E-state index in [-0.39, 0.29) is 41.0 Å². The molecule has 2 heterocycles. The maximum absolute atomic E-state index is 11.9. The Morgan fingerprint density at radius 1 is 1.29 bits per heavy atom. The van der Waals surface area contributed by atoms with Gasteiger partial charge < -0.3 is 10.2 Å². The molecule has 0 aromatic heterocycles. The van der Waals surface area contributed by atoms with E-state index < -0.39 is 10.0 Å². The van der Waals surface area contributed by atoms with Crippen molar-refractivity contribution in [1.82, 2.24) is 14.5 Å². The van der Waals surface area contributed by atoms with E-state index in [2.05, 4.69) is 44.8 Å². The molecule has 2 aliphatic heterocycles. The minimum atomic E-state index is -3.14. The van der Waals surface area contributed by atoms with Gasteiger partial charge in [-0.15, -0.1) is 24.0 Å². The number of nitrogens with zero attached hydrogens (tertiary/aromatic N) is 3. The predicted molar refractivity (Wildman–Crippen MR) is 111 cm³/mol. The van der Waals surface area contributed by atoms with E-state index in [4.69, 9.17) is 4.99 Å². The molecule has 2 saturated heterocycles. The third-order valence-electron chi connectivity index (χ3n) is 5.68. The molecule has 24 heavy (non-hydrogen) atoms. The predicted octanol–water partition coefficient (Wildman–Crippen LogP) is 2.11. The van der Waals surface area contributed by atoms with Gasteiger partial charge in [-0.25, -0.2) is 8.42 Å². The maximum atomic E-state index is 11.9. The molecule has 1 N–H and O–H groups in total. The van der Waals surface area contributed by atoms with Gasteiger partial charge in [0.05, 0.1) is 12.8 Å². The molecule has 6 nitrogen and oxygen atoms in total. The standard InChI is InChI=1S/C16H32N4O2S.HI/c1-7-17-14(19-12-15(2,3)16(19,4)5)18-11-13-9-8-10-20(13)23(6,21)22;/h13H,7-12H2,1-6H3,(H,17,18);1H/t13-;/m1./s1. The van der Waals surface area contributed by atoms with Gasteiger partial charge in [-0.05, 0) is 33.6 Å². The molecule has 2 rings (SSSR count). The lowest BCUT2D eigenvalue weighted by molar-refractivity contribution is -0.0667. The zero-order chi connectivity index (χ0) is 17.5. The van der Waals surface area contributed by atoms with Crippen LogP contribution >= 0.6 is 24.0 Å². The highest BCUT2D eigenvalue weighted by molar-refractivity contribution is 14.0. The molecule has 0 amide bonds. The molecule has 2 fully saturated rings. The Morgan fingerprint density at radius 3 is 2.38 bits per heavy atom. The molecule has 8 heteroatoms. The van der Waals surface area contributed by atoms with E-state index in [0.29, 0.717) is 13.1 Å². The molecule has 0 bridgehead atoms. The molecular weight excluding hydrogens is 439 g/mol. The summed E-state index contributed by atoms with van der Waals surface area (Å²) in [5.74, 6) is 0.900.